The van der Waals surface area contributed by atoms with E-state index in [1.54, 1.807) is 0 Å². The maximum absolute atomic E-state index is 11.6. The molecule has 0 aliphatic carbocycles. The van der Waals surface area contributed by atoms with E-state index < -0.39 is 11.4 Å². The van der Waals surface area contributed by atoms with Gasteiger partial charge in [-0.1, -0.05) is 41.5 Å². The molecule has 16 heavy (non-hydrogen) atoms. The fraction of sp³-hybridized carbons (Fsp3) is 0.929. The molecule has 0 radical (unpaired) electrons. The van der Waals surface area contributed by atoms with Gasteiger partial charge in [-0.3, -0.25) is 4.79 Å². The van der Waals surface area contributed by atoms with Crippen LogP contribution in [0.15, 0.2) is 0 Å². The first-order valence-electron chi connectivity index (χ1n) is 6.26. The van der Waals surface area contributed by atoms with Crippen LogP contribution in [0.1, 0.15) is 61.3 Å². The summed E-state index contributed by atoms with van der Waals surface area (Å²) in [7, 11) is 0. The van der Waals surface area contributed by atoms with Gasteiger partial charge in [0.2, 0.25) is 0 Å². The third kappa shape index (κ3) is 3.50. The number of carboxylic acid groups (broad SMARTS) is 1. The Labute approximate surface area is 100 Å². The molecule has 0 rings (SSSR count). The van der Waals surface area contributed by atoms with Crippen LogP contribution in [-0.4, -0.2) is 11.1 Å². The number of hydrogen-bond acceptors (Lipinski definition) is 1. The van der Waals surface area contributed by atoms with Gasteiger partial charge in [0.05, 0.1) is 5.41 Å². The summed E-state index contributed by atoms with van der Waals surface area (Å²) in [6, 6.07) is 0. The van der Waals surface area contributed by atoms with Crippen molar-refractivity contribution in [1.29, 1.82) is 0 Å². The van der Waals surface area contributed by atoms with Crippen LogP contribution >= 0.6 is 0 Å². The summed E-state index contributed by atoms with van der Waals surface area (Å²) < 4.78 is 0. The van der Waals surface area contributed by atoms with Gasteiger partial charge in [0, 0.05) is 0 Å². The molecule has 0 aromatic heterocycles. The van der Waals surface area contributed by atoms with Crippen molar-refractivity contribution < 1.29 is 9.90 Å². The zero-order valence-electron chi connectivity index (χ0n) is 11.9. The first-order chi connectivity index (χ1) is 7.03. The van der Waals surface area contributed by atoms with Crippen molar-refractivity contribution in [2.75, 3.05) is 0 Å². The van der Waals surface area contributed by atoms with Crippen LogP contribution in [0.2, 0.25) is 0 Å². The van der Waals surface area contributed by atoms with Crippen LogP contribution in [0.4, 0.5) is 0 Å². The van der Waals surface area contributed by atoms with Crippen LogP contribution in [0.25, 0.3) is 0 Å². The summed E-state index contributed by atoms with van der Waals surface area (Å²) in [5.41, 5.74) is -0.803. The molecule has 1 atom stereocenters. The predicted octanol–water partition coefficient (Wildman–Crippen LogP) is 4.20. The third-order valence-corrected chi connectivity index (χ3v) is 3.70. The van der Waals surface area contributed by atoms with Crippen LogP contribution in [-0.2, 0) is 4.79 Å². The number of carboxylic acids is 1. The predicted molar refractivity (Wildman–Crippen MR) is 68.4 cm³/mol. The van der Waals surface area contributed by atoms with Gasteiger partial charge < -0.3 is 5.11 Å². The van der Waals surface area contributed by atoms with Gasteiger partial charge >= 0.3 is 5.97 Å². The highest BCUT2D eigenvalue weighted by Gasteiger charge is 2.47. The van der Waals surface area contributed by atoms with Crippen molar-refractivity contribution in [3.63, 3.8) is 0 Å². The molecule has 0 saturated carbocycles. The lowest BCUT2D eigenvalue weighted by Gasteiger charge is -2.43. The molecule has 2 nitrogen and oxygen atoms in total. The van der Waals surface area contributed by atoms with Crippen LogP contribution < -0.4 is 0 Å². The summed E-state index contributed by atoms with van der Waals surface area (Å²) in [4.78, 5) is 11.6. The van der Waals surface area contributed by atoms with Crippen molar-refractivity contribution in [3.8, 4) is 0 Å². The lowest BCUT2D eigenvalue weighted by Crippen LogP contribution is -2.44. The minimum atomic E-state index is -0.660. The van der Waals surface area contributed by atoms with Crippen LogP contribution in [0, 0.1) is 22.7 Å². The first-order valence-corrected chi connectivity index (χ1v) is 6.26. The smallest absolute Gasteiger partial charge is 0.309 e. The fourth-order valence-corrected chi connectivity index (χ4v) is 2.72. The first kappa shape index (κ1) is 15.5. The van der Waals surface area contributed by atoms with Gasteiger partial charge in [0.1, 0.15) is 0 Å². The molecule has 2 heteroatoms. The Balaban J connectivity index is 5.09. The highest BCUT2D eigenvalue weighted by Crippen LogP contribution is 2.47. The van der Waals surface area contributed by atoms with Gasteiger partial charge in [0.15, 0.2) is 0 Å². The Hall–Kier alpha value is -0.530. The van der Waals surface area contributed by atoms with Crippen molar-refractivity contribution in [1.82, 2.24) is 0 Å². The van der Waals surface area contributed by atoms with Crippen LogP contribution in [0.5, 0.6) is 0 Å². The van der Waals surface area contributed by atoms with Gasteiger partial charge in [0.25, 0.3) is 0 Å². The highest BCUT2D eigenvalue weighted by molar-refractivity contribution is 5.75. The number of rotatable bonds is 6. The molecule has 0 bridgehead atoms. The highest BCUT2D eigenvalue weighted by atomic mass is 16.4. The minimum Gasteiger partial charge on any atom is -0.481 e. The Morgan fingerprint density at radius 1 is 1.00 bits per heavy atom. The van der Waals surface area contributed by atoms with Crippen LogP contribution in [0.3, 0.4) is 0 Å². The molecular formula is C14H28O2. The van der Waals surface area contributed by atoms with E-state index >= 15 is 0 Å². The molecule has 0 aliphatic rings. The van der Waals surface area contributed by atoms with Crippen molar-refractivity contribution in [2.24, 2.45) is 22.7 Å². The minimum absolute atomic E-state index is 0.169. The van der Waals surface area contributed by atoms with Gasteiger partial charge in [-0.05, 0) is 37.0 Å². The molecule has 0 aromatic rings. The molecule has 0 saturated heterocycles. The van der Waals surface area contributed by atoms with E-state index in [2.05, 4.69) is 41.5 Å². The Kier molecular flexibility index (Phi) is 5.03. The number of hydrogen-bond donors (Lipinski definition) is 1. The topological polar surface area (TPSA) is 37.3 Å². The third-order valence-electron chi connectivity index (χ3n) is 3.70. The molecule has 0 aromatic carbocycles. The maximum Gasteiger partial charge on any atom is 0.309 e. The molecule has 1 unspecified atom stereocenters. The van der Waals surface area contributed by atoms with E-state index in [-0.39, 0.29) is 5.41 Å². The second-order valence-electron chi connectivity index (χ2n) is 6.72. The number of aliphatic carboxylic acids is 1. The quantitative estimate of drug-likeness (QED) is 0.740. The lowest BCUT2D eigenvalue weighted by atomic mass is 9.60. The molecule has 0 amide bonds. The Morgan fingerprint density at radius 2 is 1.38 bits per heavy atom. The van der Waals surface area contributed by atoms with Crippen molar-refractivity contribution in [2.45, 2.75) is 61.3 Å². The molecule has 0 heterocycles. The van der Waals surface area contributed by atoms with E-state index in [0.717, 1.165) is 12.8 Å². The monoisotopic (exact) mass is 228 g/mol. The van der Waals surface area contributed by atoms with Gasteiger partial charge in [-0.15, -0.1) is 0 Å². The Morgan fingerprint density at radius 3 is 1.62 bits per heavy atom. The molecule has 1 N–H and O–H groups in total. The summed E-state index contributed by atoms with van der Waals surface area (Å²) in [5.74, 6) is 0.278. The van der Waals surface area contributed by atoms with E-state index in [9.17, 15) is 9.90 Å². The molecule has 0 spiro atoms. The zero-order valence-corrected chi connectivity index (χ0v) is 11.9. The average molecular weight is 228 g/mol. The maximum atomic E-state index is 11.6. The summed E-state index contributed by atoms with van der Waals surface area (Å²) in [5, 5.41) is 9.53. The van der Waals surface area contributed by atoms with E-state index in [4.69, 9.17) is 0 Å². The molecule has 0 aliphatic heterocycles. The second-order valence-corrected chi connectivity index (χ2v) is 6.72. The van der Waals surface area contributed by atoms with Crippen molar-refractivity contribution >= 4 is 5.97 Å². The van der Waals surface area contributed by atoms with E-state index in [1.807, 2.05) is 6.92 Å². The summed E-state index contributed by atoms with van der Waals surface area (Å²) >= 11 is 0. The zero-order chi connectivity index (χ0) is 13.1. The van der Waals surface area contributed by atoms with Gasteiger partial charge in [-0.25, -0.2) is 0 Å². The number of carbonyl (C=O) groups is 1. The molecular weight excluding hydrogens is 200 g/mol. The van der Waals surface area contributed by atoms with E-state index in [0.29, 0.717) is 11.8 Å². The van der Waals surface area contributed by atoms with Crippen molar-refractivity contribution in [3.05, 3.63) is 0 Å². The Bertz CT molecular complexity index is 241. The normalized spacial score (nSPS) is 16.6. The lowest BCUT2D eigenvalue weighted by molar-refractivity contribution is -0.158. The molecule has 0 fully saturated rings. The second kappa shape index (κ2) is 5.20. The molecule has 96 valence electrons. The summed E-state index contributed by atoms with van der Waals surface area (Å²) in [6.07, 6.45) is 1.69. The standard InChI is InChI=1S/C14H28O2/c1-10(2)8-13(5,6)14(7,12(15)16)9-11(3)4/h10-11H,8-9H2,1-7H3,(H,15,16). The summed E-state index contributed by atoms with van der Waals surface area (Å²) in [6.45, 7) is 14.6. The SMILES string of the molecule is CC(C)CC(C)(C)C(C)(CC(C)C)C(=O)O. The fourth-order valence-electron chi connectivity index (χ4n) is 2.72. The van der Waals surface area contributed by atoms with E-state index in [1.165, 1.54) is 0 Å². The largest absolute Gasteiger partial charge is 0.481 e. The average Bonchev–Trinajstić information content (AvgIpc) is 1.99. The van der Waals surface area contributed by atoms with Gasteiger partial charge in [-0.2, -0.15) is 0 Å².